The largest absolute Gasteiger partial charge is 0.359 e. The number of imidazole rings is 1. The molecule has 2 aromatic rings. The van der Waals surface area contributed by atoms with Crippen molar-refractivity contribution in [3.05, 3.63) is 34.2 Å². The molecule has 1 aromatic carbocycles. The summed E-state index contributed by atoms with van der Waals surface area (Å²) < 4.78 is 0. The highest BCUT2D eigenvalue weighted by Crippen LogP contribution is 2.18. The molecule has 2 heterocycles. The summed E-state index contributed by atoms with van der Waals surface area (Å²) >= 11 is 1.63. The van der Waals surface area contributed by atoms with E-state index in [2.05, 4.69) is 46.3 Å². The van der Waals surface area contributed by atoms with Crippen LogP contribution in [0, 0.1) is 0 Å². The zero-order chi connectivity index (χ0) is 15.0. The van der Waals surface area contributed by atoms with Gasteiger partial charge in [-0.25, -0.2) is 4.79 Å². The quantitative estimate of drug-likeness (QED) is 0.753. The highest BCUT2D eigenvalue weighted by atomic mass is 32.2. The minimum absolute atomic E-state index is 0.0254. The molecule has 1 aromatic heterocycles. The Morgan fingerprint density at radius 3 is 2.62 bits per heavy atom. The molecule has 0 saturated heterocycles. The summed E-state index contributed by atoms with van der Waals surface area (Å²) in [5.74, 6) is 0.752. The Labute approximate surface area is 126 Å². The van der Waals surface area contributed by atoms with Gasteiger partial charge in [0.1, 0.15) is 0 Å². The van der Waals surface area contributed by atoms with E-state index in [1.54, 1.807) is 11.8 Å². The summed E-state index contributed by atoms with van der Waals surface area (Å²) in [5, 5.41) is 12.7. The first-order chi connectivity index (χ1) is 9.90. The maximum absolute atomic E-state index is 11.3. The lowest BCUT2D eigenvalue weighted by Crippen LogP contribution is -2.40. The predicted molar refractivity (Wildman–Crippen MR) is 88.2 cm³/mol. The molecule has 0 amide bonds. The van der Waals surface area contributed by atoms with Gasteiger partial charge in [0.2, 0.25) is 0 Å². The van der Waals surface area contributed by atoms with Crippen molar-refractivity contribution >= 4 is 33.7 Å². The second-order valence-corrected chi connectivity index (χ2v) is 6.92. The first kappa shape index (κ1) is 13.9. The number of H-pyrrole nitrogens is 2. The van der Waals surface area contributed by atoms with Crippen molar-refractivity contribution in [1.82, 2.24) is 15.3 Å². The summed E-state index contributed by atoms with van der Waals surface area (Å²) in [6.45, 7) is 6.27. The van der Waals surface area contributed by atoms with Crippen LogP contribution in [0.1, 0.15) is 26.3 Å². The number of nitrogens with zero attached hydrogens (tertiary/aromatic N) is 2. The van der Waals surface area contributed by atoms with Crippen molar-refractivity contribution in [2.45, 2.75) is 26.3 Å². The Morgan fingerprint density at radius 1 is 1.19 bits per heavy atom. The first-order valence-electron chi connectivity index (χ1n) is 6.69. The van der Waals surface area contributed by atoms with Crippen molar-refractivity contribution < 1.29 is 0 Å². The second kappa shape index (κ2) is 5.07. The van der Waals surface area contributed by atoms with Crippen LogP contribution in [0.4, 0.5) is 0 Å². The van der Waals surface area contributed by atoms with Gasteiger partial charge in [0.25, 0.3) is 0 Å². The molecule has 0 saturated carbocycles. The first-order valence-corrected chi connectivity index (χ1v) is 7.67. The van der Waals surface area contributed by atoms with E-state index in [9.17, 15) is 4.79 Å². The fraction of sp³-hybridized carbons (Fsp3) is 0.357. The van der Waals surface area contributed by atoms with Gasteiger partial charge in [-0.2, -0.15) is 5.10 Å². The van der Waals surface area contributed by atoms with Gasteiger partial charge in [-0.3, -0.25) is 0 Å². The molecule has 0 atom stereocenters. The van der Waals surface area contributed by atoms with Gasteiger partial charge in [0.15, 0.2) is 5.17 Å². The van der Waals surface area contributed by atoms with E-state index < -0.39 is 0 Å². The zero-order valence-corrected chi connectivity index (χ0v) is 13.0. The molecule has 7 heteroatoms. The van der Waals surface area contributed by atoms with Crippen LogP contribution < -0.4 is 11.0 Å². The van der Waals surface area contributed by atoms with E-state index in [0.29, 0.717) is 0 Å². The molecule has 21 heavy (non-hydrogen) atoms. The normalized spacial score (nSPS) is 15.8. The number of hydrogen-bond acceptors (Lipinski definition) is 5. The zero-order valence-electron chi connectivity index (χ0n) is 12.2. The average Bonchev–Trinajstić information content (AvgIpc) is 2.76. The Kier molecular flexibility index (Phi) is 3.36. The Balaban J connectivity index is 1.88. The van der Waals surface area contributed by atoms with Crippen LogP contribution in [0.5, 0.6) is 0 Å². The van der Waals surface area contributed by atoms with Crippen LogP contribution in [-0.2, 0) is 0 Å². The van der Waals surface area contributed by atoms with Gasteiger partial charge in [-0.1, -0.05) is 17.8 Å². The van der Waals surface area contributed by atoms with Crippen molar-refractivity contribution in [1.29, 1.82) is 0 Å². The average molecular weight is 303 g/mol. The molecule has 0 fully saturated rings. The third kappa shape index (κ3) is 3.18. The molecular weight excluding hydrogens is 286 g/mol. The van der Waals surface area contributed by atoms with Crippen LogP contribution in [0.3, 0.4) is 0 Å². The SMILES string of the molecule is CC(C)(C)NC1=NN=C(c2ccc3[nH]c(=O)[nH]c3c2)CS1. The van der Waals surface area contributed by atoms with E-state index in [1.165, 1.54) is 0 Å². The number of benzene rings is 1. The van der Waals surface area contributed by atoms with Crippen molar-refractivity contribution in [3.8, 4) is 0 Å². The number of fused-ring (bicyclic) bond motifs is 1. The van der Waals surface area contributed by atoms with E-state index >= 15 is 0 Å². The molecule has 0 radical (unpaired) electrons. The Bertz CT molecular complexity index is 794. The molecule has 1 aliphatic heterocycles. The summed E-state index contributed by atoms with van der Waals surface area (Å²) in [7, 11) is 0. The molecule has 0 spiro atoms. The number of nitrogens with one attached hydrogen (secondary N) is 3. The maximum atomic E-state index is 11.3. The van der Waals surface area contributed by atoms with Crippen LogP contribution in [0.2, 0.25) is 0 Å². The highest BCUT2D eigenvalue weighted by Gasteiger charge is 2.17. The highest BCUT2D eigenvalue weighted by molar-refractivity contribution is 8.14. The lowest BCUT2D eigenvalue weighted by Gasteiger charge is -2.23. The molecule has 0 aliphatic carbocycles. The van der Waals surface area contributed by atoms with E-state index in [-0.39, 0.29) is 11.2 Å². The smallest absolute Gasteiger partial charge is 0.323 e. The van der Waals surface area contributed by atoms with Gasteiger partial charge >= 0.3 is 5.69 Å². The fourth-order valence-corrected chi connectivity index (χ4v) is 3.01. The van der Waals surface area contributed by atoms with E-state index in [0.717, 1.165) is 33.2 Å². The minimum atomic E-state index is -0.197. The topological polar surface area (TPSA) is 85.4 Å². The molecule has 0 unspecified atom stereocenters. The number of amidine groups is 1. The van der Waals surface area contributed by atoms with Crippen LogP contribution >= 0.6 is 11.8 Å². The maximum Gasteiger partial charge on any atom is 0.323 e. The molecule has 110 valence electrons. The molecule has 3 N–H and O–H groups in total. The predicted octanol–water partition coefficient (Wildman–Crippen LogP) is 2.05. The Hall–Kier alpha value is -2.02. The molecule has 3 rings (SSSR count). The van der Waals surface area contributed by atoms with Gasteiger partial charge < -0.3 is 15.3 Å². The fourth-order valence-electron chi connectivity index (χ4n) is 2.04. The summed E-state index contributed by atoms with van der Waals surface area (Å²) in [5.41, 5.74) is 3.24. The summed E-state index contributed by atoms with van der Waals surface area (Å²) in [6, 6.07) is 5.75. The van der Waals surface area contributed by atoms with Gasteiger partial charge in [0.05, 0.1) is 16.7 Å². The van der Waals surface area contributed by atoms with Crippen LogP contribution in [0.25, 0.3) is 11.0 Å². The number of aromatic nitrogens is 2. The number of hydrogen-bond donors (Lipinski definition) is 3. The van der Waals surface area contributed by atoms with Crippen LogP contribution in [-0.4, -0.2) is 32.1 Å². The standard InChI is InChI=1S/C14H17N5OS/c1-14(2,3)17-13-19-18-11(7-21-13)8-4-5-9-10(6-8)16-12(20)15-9/h4-6H,7H2,1-3H3,(H,17,19)(H2,15,16,20). The number of rotatable bonds is 1. The van der Waals surface area contributed by atoms with Gasteiger partial charge in [0, 0.05) is 16.9 Å². The van der Waals surface area contributed by atoms with Crippen molar-refractivity contribution in [2.24, 2.45) is 10.2 Å². The monoisotopic (exact) mass is 303 g/mol. The molecule has 0 bridgehead atoms. The third-order valence-electron chi connectivity index (χ3n) is 2.94. The number of aromatic amines is 2. The molecule has 6 nitrogen and oxygen atoms in total. The molecular formula is C14H17N5OS. The van der Waals surface area contributed by atoms with E-state index in [4.69, 9.17) is 0 Å². The minimum Gasteiger partial charge on any atom is -0.359 e. The third-order valence-corrected chi connectivity index (χ3v) is 3.81. The Morgan fingerprint density at radius 2 is 1.95 bits per heavy atom. The summed E-state index contributed by atoms with van der Waals surface area (Å²) in [6.07, 6.45) is 0. The van der Waals surface area contributed by atoms with E-state index in [1.807, 2.05) is 18.2 Å². The lowest BCUT2D eigenvalue weighted by molar-refractivity contribution is 0.515. The van der Waals surface area contributed by atoms with Crippen molar-refractivity contribution in [3.63, 3.8) is 0 Å². The molecule has 1 aliphatic rings. The number of thioether (sulfide) groups is 1. The van der Waals surface area contributed by atoms with Crippen molar-refractivity contribution in [2.75, 3.05) is 5.75 Å². The summed E-state index contributed by atoms with van der Waals surface area (Å²) in [4.78, 5) is 16.8. The van der Waals surface area contributed by atoms with Crippen LogP contribution in [0.15, 0.2) is 33.2 Å². The van der Waals surface area contributed by atoms with Gasteiger partial charge in [-0.15, -0.1) is 5.10 Å². The lowest BCUT2D eigenvalue weighted by atomic mass is 10.1. The second-order valence-electron chi connectivity index (χ2n) is 5.96. The van der Waals surface area contributed by atoms with Gasteiger partial charge in [-0.05, 0) is 32.9 Å².